The van der Waals surface area contributed by atoms with Gasteiger partial charge in [-0.05, 0) is 38.1 Å². The summed E-state index contributed by atoms with van der Waals surface area (Å²) in [6.07, 6.45) is 2.60. The molecule has 0 radical (unpaired) electrons. The highest BCUT2D eigenvalue weighted by Gasteiger charge is 2.35. The normalized spacial score (nSPS) is 18.6. The van der Waals surface area contributed by atoms with Crippen molar-refractivity contribution in [3.63, 3.8) is 0 Å². The lowest BCUT2D eigenvalue weighted by atomic mass is 9.75. The fourth-order valence-corrected chi connectivity index (χ4v) is 2.35. The molecule has 0 saturated carbocycles. The lowest BCUT2D eigenvalue weighted by Gasteiger charge is -2.37. The van der Waals surface area contributed by atoms with E-state index < -0.39 is 6.09 Å². The smallest absolute Gasteiger partial charge is 0.404 e. The molecule has 92 valence electrons. The van der Waals surface area contributed by atoms with Gasteiger partial charge in [-0.3, -0.25) is 4.98 Å². The molecule has 1 aliphatic rings. The van der Waals surface area contributed by atoms with Gasteiger partial charge in [0, 0.05) is 23.9 Å². The molecule has 1 saturated heterocycles. The average Bonchev–Trinajstić information content (AvgIpc) is 2.39. The van der Waals surface area contributed by atoms with E-state index in [1.54, 1.807) is 6.20 Å². The lowest BCUT2D eigenvalue weighted by Crippen LogP contribution is -2.47. The summed E-state index contributed by atoms with van der Waals surface area (Å²) in [5.74, 6) is 0. The molecule has 0 aliphatic carbocycles. The van der Waals surface area contributed by atoms with Crippen molar-refractivity contribution in [2.45, 2.75) is 18.3 Å². The zero-order valence-corrected chi connectivity index (χ0v) is 9.65. The molecule has 3 N–H and O–H groups in total. The molecule has 5 heteroatoms. The Bertz CT molecular complexity index is 375. The third-order valence-electron chi connectivity index (χ3n) is 3.35. The van der Waals surface area contributed by atoms with Crippen LogP contribution in [0.4, 0.5) is 4.79 Å². The number of hydrogen-bond donors (Lipinski definition) is 3. The Kier molecular flexibility index (Phi) is 3.58. The minimum absolute atomic E-state index is 0.162. The number of carbonyl (C=O) groups is 1. The first-order chi connectivity index (χ1) is 8.23. The van der Waals surface area contributed by atoms with Gasteiger partial charge < -0.3 is 15.7 Å². The van der Waals surface area contributed by atoms with Crippen LogP contribution in [-0.4, -0.2) is 35.8 Å². The van der Waals surface area contributed by atoms with Gasteiger partial charge in [0.1, 0.15) is 0 Å². The largest absolute Gasteiger partial charge is 0.465 e. The Labute approximate surface area is 100 Å². The van der Waals surface area contributed by atoms with Crippen molar-refractivity contribution in [1.29, 1.82) is 0 Å². The Hall–Kier alpha value is -1.62. The van der Waals surface area contributed by atoms with E-state index in [1.807, 2.05) is 18.2 Å². The minimum Gasteiger partial charge on any atom is -0.465 e. The van der Waals surface area contributed by atoms with Gasteiger partial charge in [-0.2, -0.15) is 0 Å². The topological polar surface area (TPSA) is 74.2 Å². The SMILES string of the molecule is O=C(O)NCC1(c2ccccn2)CCNCC1. The van der Waals surface area contributed by atoms with Crippen molar-refractivity contribution in [3.05, 3.63) is 30.1 Å². The van der Waals surface area contributed by atoms with E-state index in [9.17, 15) is 4.79 Å². The van der Waals surface area contributed by atoms with Crippen molar-refractivity contribution >= 4 is 6.09 Å². The standard InChI is InChI=1S/C12H17N3O2/c16-11(17)15-9-12(4-7-13-8-5-12)10-3-1-2-6-14-10/h1-3,6,13,15H,4-5,7-9H2,(H,16,17). The van der Waals surface area contributed by atoms with E-state index in [-0.39, 0.29) is 5.41 Å². The third kappa shape index (κ3) is 2.74. The van der Waals surface area contributed by atoms with Crippen LogP contribution >= 0.6 is 0 Å². The van der Waals surface area contributed by atoms with Crippen molar-refractivity contribution in [2.24, 2.45) is 0 Å². The molecule has 0 aromatic carbocycles. The highest BCUT2D eigenvalue weighted by molar-refractivity contribution is 5.64. The molecular weight excluding hydrogens is 218 g/mol. The fourth-order valence-electron chi connectivity index (χ4n) is 2.35. The maximum absolute atomic E-state index is 10.7. The fraction of sp³-hybridized carbons (Fsp3) is 0.500. The van der Waals surface area contributed by atoms with E-state index in [4.69, 9.17) is 5.11 Å². The summed E-state index contributed by atoms with van der Waals surface area (Å²) >= 11 is 0. The zero-order chi connectivity index (χ0) is 12.1. The number of amides is 1. The zero-order valence-electron chi connectivity index (χ0n) is 9.65. The number of rotatable bonds is 3. The highest BCUT2D eigenvalue weighted by Crippen LogP contribution is 2.31. The molecule has 1 amide bonds. The number of hydrogen-bond acceptors (Lipinski definition) is 3. The molecule has 1 aromatic rings. The van der Waals surface area contributed by atoms with Gasteiger partial charge in [0.15, 0.2) is 0 Å². The maximum Gasteiger partial charge on any atom is 0.404 e. The van der Waals surface area contributed by atoms with Crippen LogP contribution in [0.5, 0.6) is 0 Å². The molecule has 0 spiro atoms. The molecule has 0 unspecified atom stereocenters. The highest BCUT2D eigenvalue weighted by atomic mass is 16.4. The maximum atomic E-state index is 10.7. The molecule has 0 bridgehead atoms. The van der Waals surface area contributed by atoms with Crippen LogP contribution in [0.1, 0.15) is 18.5 Å². The molecule has 1 fully saturated rings. The first-order valence-corrected chi connectivity index (χ1v) is 5.82. The average molecular weight is 235 g/mol. The van der Waals surface area contributed by atoms with Crippen LogP contribution in [0.2, 0.25) is 0 Å². The van der Waals surface area contributed by atoms with Gasteiger partial charge in [0.05, 0.1) is 0 Å². The summed E-state index contributed by atoms with van der Waals surface area (Å²) < 4.78 is 0. The van der Waals surface area contributed by atoms with Crippen LogP contribution in [0.15, 0.2) is 24.4 Å². The summed E-state index contributed by atoms with van der Waals surface area (Å²) in [6.45, 7) is 2.23. The minimum atomic E-state index is -0.973. The summed E-state index contributed by atoms with van der Waals surface area (Å²) in [6, 6.07) is 5.81. The van der Waals surface area contributed by atoms with Gasteiger partial charge in [-0.15, -0.1) is 0 Å². The van der Waals surface area contributed by atoms with E-state index in [2.05, 4.69) is 15.6 Å². The van der Waals surface area contributed by atoms with Gasteiger partial charge in [-0.1, -0.05) is 6.07 Å². The van der Waals surface area contributed by atoms with Crippen LogP contribution in [-0.2, 0) is 5.41 Å². The summed E-state index contributed by atoms with van der Waals surface area (Å²) in [5.41, 5.74) is 0.820. The number of carboxylic acid groups (broad SMARTS) is 1. The van der Waals surface area contributed by atoms with Crippen molar-refractivity contribution < 1.29 is 9.90 Å². The lowest BCUT2D eigenvalue weighted by molar-refractivity contribution is 0.186. The number of aromatic nitrogens is 1. The summed E-state index contributed by atoms with van der Waals surface area (Å²) in [7, 11) is 0. The second-order valence-corrected chi connectivity index (χ2v) is 4.40. The van der Waals surface area contributed by atoms with Crippen molar-refractivity contribution in [3.8, 4) is 0 Å². The predicted molar refractivity (Wildman–Crippen MR) is 64.0 cm³/mol. The molecule has 17 heavy (non-hydrogen) atoms. The van der Waals surface area contributed by atoms with E-state index in [0.29, 0.717) is 6.54 Å². The van der Waals surface area contributed by atoms with Crippen LogP contribution in [0.25, 0.3) is 0 Å². The van der Waals surface area contributed by atoms with E-state index in [0.717, 1.165) is 31.6 Å². The van der Waals surface area contributed by atoms with Gasteiger partial charge in [-0.25, -0.2) is 4.79 Å². The molecule has 2 heterocycles. The molecule has 0 atom stereocenters. The molecule has 1 aliphatic heterocycles. The summed E-state index contributed by atoms with van der Waals surface area (Å²) in [4.78, 5) is 15.1. The van der Waals surface area contributed by atoms with Gasteiger partial charge in [0.2, 0.25) is 0 Å². The second kappa shape index (κ2) is 5.14. The molecule has 5 nitrogen and oxygen atoms in total. The predicted octanol–water partition coefficient (Wildman–Crippen LogP) is 0.970. The Morgan fingerprint density at radius 2 is 2.24 bits per heavy atom. The number of nitrogens with zero attached hydrogens (tertiary/aromatic N) is 1. The summed E-state index contributed by atoms with van der Waals surface area (Å²) in [5, 5.41) is 14.6. The van der Waals surface area contributed by atoms with E-state index in [1.165, 1.54) is 0 Å². The monoisotopic (exact) mass is 235 g/mol. The quantitative estimate of drug-likeness (QED) is 0.730. The number of piperidine rings is 1. The van der Waals surface area contributed by atoms with Gasteiger partial charge >= 0.3 is 6.09 Å². The van der Waals surface area contributed by atoms with Crippen molar-refractivity contribution in [1.82, 2.24) is 15.6 Å². The molecule has 2 rings (SSSR count). The first-order valence-electron chi connectivity index (χ1n) is 5.82. The molecular formula is C12H17N3O2. The number of nitrogens with one attached hydrogen (secondary N) is 2. The van der Waals surface area contributed by atoms with Gasteiger partial charge in [0.25, 0.3) is 0 Å². The van der Waals surface area contributed by atoms with Crippen LogP contribution in [0, 0.1) is 0 Å². The Balaban J connectivity index is 2.20. The molecule has 1 aromatic heterocycles. The third-order valence-corrected chi connectivity index (χ3v) is 3.35. The first kappa shape index (κ1) is 11.9. The second-order valence-electron chi connectivity index (χ2n) is 4.40. The van der Waals surface area contributed by atoms with Crippen LogP contribution in [0.3, 0.4) is 0 Å². The Morgan fingerprint density at radius 1 is 1.47 bits per heavy atom. The van der Waals surface area contributed by atoms with E-state index >= 15 is 0 Å². The van der Waals surface area contributed by atoms with Crippen LogP contribution < -0.4 is 10.6 Å². The van der Waals surface area contributed by atoms with Crippen molar-refractivity contribution in [2.75, 3.05) is 19.6 Å². The Morgan fingerprint density at radius 3 is 2.82 bits per heavy atom. The number of pyridine rings is 1.